The van der Waals surface area contributed by atoms with Gasteiger partial charge in [0.1, 0.15) is 5.78 Å². The number of Topliss-reactive ketones (excluding diaryl/α,β-unsaturated/α-hetero) is 1. The van der Waals surface area contributed by atoms with Crippen LogP contribution >= 0.6 is 11.3 Å². The van der Waals surface area contributed by atoms with Crippen LogP contribution in [0.1, 0.15) is 34.1 Å². The second kappa shape index (κ2) is 5.74. The van der Waals surface area contributed by atoms with Gasteiger partial charge in [0.15, 0.2) is 0 Å². The van der Waals surface area contributed by atoms with Crippen molar-refractivity contribution < 1.29 is 9.59 Å². The summed E-state index contributed by atoms with van der Waals surface area (Å²) >= 11 is 1.45. The molecule has 2 aromatic rings. The van der Waals surface area contributed by atoms with Crippen molar-refractivity contribution in [1.29, 1.82) is 0 Å². The highest BCUT2D eigenvalue weighted by atomic mass is 32.1. The van der Waals surface area contributed by atoms with Crippen molar-refractivity contribution in [3.63, 3.8) is 0 Å². The molecule has 0 amide bonds. The Morgan fingerprint density at radius 2 is 1.83 bits per heavy atom. The predicted octanol–water partition coefficient (Wildman–Crippen LogP) is 3.50. The molecule has 2 nitrogen and oxygen atoms in total. The first-order valence-electron chi connectivity index (χ1n) is 5.83. The van der Waals surface area contributed by atoms with E-state index in [2.05, 4.69) is 0 Å². The van der Waals surface area contributed by atoms with Gasteiger partial charge in [-0.05, 0) is 30.4 Å². The fourth-order valence-electron chi connectivity index (χ4n) is 1.69. The van der Waals surface area contributed by atoms with Gasteiger partial charge in [-0.25, -0.2) is 0 Å². The molecule has 0 atom stereocenters. The monoisotopic (exact) mass is 258 g/mol. The Kier molecular flexibility index (Phi) is 4.05. The van der Waals surface area contributed by atoms with Crippen LogP contribution in [-0.2, 0) is 11.2 Å². The lowest BCUT2D eigenvalue weighted by Crippen LogP contribution is -1.99. The van der Waals surface area contributed by atoms with Crippen LogP contribution in [0, 0.1) is 0 Å². The van der Waals surface area contributed by atoms with Crippen LogP contribution in [0.2, 0.25) is 0 Å². The molecule has 0 fully saturated rings. The number of hydrogen-bond acceptors (Lipinski definition) is 3. The zero-order valence-corrected chi connectivity index (χ0v) is 11.0. The Morgan fingerprint density at radius 1 is 1.11 bits per heavy atom. The molecule has 0 N–H and O–H groups in total. The summed E-state index contributed by atoms with van der Waals surface area (Å²) in [4.78, 5) is 23.7. The van der Waals surface area contributed by atoms with Gasteiger partial charge in [0.05, 0.1) is 4.88 Å². The molecule has 3 heteroatoms. The van der Waals surface area contributed by atoms with Gasteiger partial charge in [0, 0.05) is 12.0 Å². The fourth-order valence-corrected chi connectivity index (χ4v) is 2.38. The smallest absolute Gasteiger partial charge is 0.202 e. The van der Waals surface area contributed by atoms with Crippen LogP contribution in [-0.4, -0.2) is 11.6 Å². The van der Waals surface area contributed by atoms with Gasteiger partial charge < -0.3 is 4.79 Å². The lowest BCUT2D eigenvalue weighted by atomic mass is 10.0. The van der Waals surface area contributed by atoms with E-state index in [9.17, 15) is 9.59 Å². The highest BCUT2D eigenvalue weighted by molar-refractivity contribution is 7.12. The van der Waals surface area contributed by atoms with E-state index < -0.39 is 0 Å². The second-order valence-electron chi connectivity index (χ2n) is 4.21. The Labute approximate surface area is 110 Å². The SMILES string of the molecule is CC(=O)CCc1ccc(C(=O)c2cccs2)cc1. The minimum absolute atomic E-state index is 0.0584. The Hall–Kier alpha value is -1.74. The Morgan fingerprint density at radius 3 is 2.39 bits per heavy atom. The number of benzene rings is 1. The minimum atomic E-state index is 0.0584. The van der Waals surface area contributed by atoms with Gasteiger partial charge in [-0.15, -0.1) is 11.3 Å². The molecule has 0 bridgehead atoms. The molecule has 0 aliphatic carbocycles. The van der Waals surface area contributed by atoms with Crippen LogP contribution in [0.4, 0.5) is 0 Å². The molecule has 1 aromatic carbocycles. The lowest BCUT2D eigenvalue weighted by Gasteiger charge is -2.02. The summed E-state index contributed by atoms with van der Waals surface area (Å²) in [6.45, 7) is 1.59. The van der Waals surface area contributed by atoms with Gasteiger partial charge in [-0.3, -0.25) is 4.79 Å². The van der Waals surface area contributed by atoms with Crippen molar-refractivity contribution >= 4 is 22.9 Å². The highest BCUT2D eigenvalue weighted by Crippen LogP contribution is 2.16. The summed E-state index contributed by atoms with van der Waals surface area (Å²) in [6, 6.07) is 11.2. The highest BCUT2D eigenvalue weighted by Gasteiger charge is 2.09. The van der Waals surface area contributed by atoms with Crippen LogP contribution < -0.4 is 0 Å². The molecule has 0 aliphatic rings. The van der Waals surface area contributed by atoms with Gasteiger partial charge in [0.2, 0.25) is 5.78 Å². The normalized spacial score (nSPS) is 10.3. The van der Waals surface area contributed by atoms with Crippen molar-refractivity contribution in [3.8, 4) is 0 Å². The molecule has 1 heterocycles. The van der Waals surface area contributed by atoms with Crippen molar-refractivity contribution in [2.75, 3.05) is 0 Å². The standard InChI is InChI=1S/C15H14O2S/c1-11(16)4-5-12-6-8-13(9-7-12)15(17)14-3-2-10-18-14/h2-3,6-10H,4-5H2,1H3. The third-order valence-electron chi connectivity index (χ3n) is 2.73. The number of carbonyl (C=O) groups is 2. The van der Waals surface area contributed by atoms with Gasteiger partial charge in [-0.2, -0.15) is 0 Å². The molecule has 0 spiro atoms. The van der Waals surface area contributed by atoms with E-state index in [0.29, 0.717) is 12.0 Å². The first-order valence-corrected chi connectivity index (χ1v) is 6.71. The molecular formula is C15H14O2S. The minimum Gasteiger partial charge on any atom is -0.300 e. The molecule has 0 saturated heterocycles. The molecule has 2 rings (SSSR count). The van der Waals surface area contributed by atoms with Crippen LogP contribution in [0.15, 0.2) is 41.8 Å². The first kappa shape index (κ1) is 12.7. The van der Waals surface area contributed by atoms with Crippen molar-refractivity contribution in [1.82, 2.24) is 0 Å². The van der Waals surface area contributed by atoms with E-state index in [0.717, 1.165) is 16.9 Å². The lowest BCUT2D eigenvalue weighted by molar-refractivity contribution is -0.116. The maximum Gasteiger partial charge on any atom is 0.202 e. The molecular weight excluding hydrogens is 244 g/mol. The van der Waals surface area contributed by atoms with Gasteiger partial charge in [0.25, 0.3) is 0 Å². The van der Waals surface area contributed by atoms with E-state index >= 15 is 0 Å². The number of rotatable bonds is 5. The third-order valence-corrected chi connectivity index (χ3v) is 3.60. The van der Waals surface area contributed by atoms with Crippen molar-refractivity contribution in [3.05, 3.63) is 57.8 Å². The summed E-state index contributed by atoms with van der Waals surface area (Å²) in [6.07, 6.45) is 1.29. The van der Waals surface area contributed by atoms with Crippen molar-refractivity contribution in [2.45, 2.75) is 19.8 Å². The van der Waals surface area contributed by atoms with E-state index in [1.165, 1.54) is 11.3 Å². The maximum absolute atomic E-state index is 12.0. The molecule has 18 heavy (non-hydrogen) atoms. The first-order chi connectivity index (χ1) is 8.66. The summed E-state index contributed by atoms with van der Waals surface area (Å²) in [5.41, 5.74) is 1.79. The Balaban J connectivity index is 2.08. The zero-order valence-electron chi connectivity index (χ0n) is 10.2. The number of carbonyl (C=O) groups excluding carboxylic acids is 2. The van der Waals surface area contributed by atoms with Crippen LogP contribution in [0.25, 0.3) is 0 Å². The van der Waals surface area contributed by atoms with Crippen LogP contribution in [0.3, 0.4) is 0 Å². The quantitative estimate of drug-likeness (QED) is 0.769. The number of aryl methyl sites for hydroxylation is 1. The van der Waals surface area contributed by atoms with E-state index in [1.807, 2.05) is 41.8 Å². The maximum atomic E-state index is 12.0. The number of ketones is 2. The van der Waals surface area contributed by atoms with E-state index in [4.69, 9.17) is 0 Å². The van der Waals surface area contributed by atoms with E-state index in [1.54, 1.807) is 6.92 Å². The molecule has 0 saturated carbocycles. The topological polar surface area (TPSA) is 34.1 Å². The average Bonchev–Trinajstić information content (AvgIpc) is 2.90. The summed E-state index contributed by atoms with van der Waals surface area (Å²) in [5, 5.41) is 1.90. The molecule has 92 valence electrons. The van der Waals surface area contributed by atoms with Gasteiger partial charge in [-0.1, -0.05) is 30.3 Å². The average molecular weight is 258 g/mol. The van der Waals surface area contributed by atoms with Gasteiger partial charge >= 0.3 is 0 Å². The molecule has 0 unspecified atom stereocenters. The summed E-state index contributed by atoms with van der Waals surface area (Å²) < 4.78 is 0. The van der Waals surface area contributed by atoms with Crippen molar-refractivity contribution in [2.24, 2.45) is 0 Å². The zero-order chi connectivity index (χ0) is 13.0. The second-order valence-corrected chi connectivity index (χ2v) is 5.15. The molecule has 0 aliphatic heterocycles. The number of thiophene rings is 1. The molecule has 0 radical (unpaired) electrons. The van der Waals surface area contributed by atoms with E-state index in [-0.39, 0.29) is 11.6 Å². The summed E-state index contributed by atoms with van der Waals surface area (Å²) in [7, 11) is 0. The molecule has 1 aromatic heterocycles. The largest absolute Gasteiger partial charge is 0.300 e. The Bertz CT molecular complexity index is 538. The number of hydrogen-bond donors (Lipinski definition) is 0. The fraction of sp³-hybridized carbons (Fsp3) is 0.200. The third kappa shape index (κ3) is 3.14. The predicted molar refractivity (Wildman–Crippen MR) is 73.2 cm³/mol. The van der Waals surface area contributed by atoms with Crippen LogP contribution in [0.5, 0.6) is 0 Å². The summed E-state index contributed by atoms with van der Waals surface area (Å²) in [5.74, 6) is 0.247.